The van der Waals surface area contributed by atoms with Gasteiger partial charge in [0, 0.05) is 25.4 Å². The van der Waals surface area contributed by atoms with Crippen LogP contribution < -0.4 is 5.32 Å². The molecule has 31 heavy (non-hydrogen) atoms. The summed E-state index contributed by atoms with van der Waals surface area (Å²) in [6.07, 6.45) is 3.35. The van der Waals surface area contributed by atoms with Gasteiger partial charge in [0.05, 0.1) is 17.6 Å². The molecule has 2 heterocycles. The van der Waals surface area contributed by atoms with Crippen LogP contribution in [0.4, 0.5) is 4.79 Å². The minimum Gasteiger partial charge on any atom is -0.445 e. The molecule has 1 N–H and O–H groups in total. The van der Waals surface area contributed by atoms with Gasteiger partial charge in [0.1, 0.15) is 6.61 Å². The highest BCUT2D eigenvalue weighted by molar-refractivity contribution is 6.48. The smallest absolute Gasteiger partial charge is 0.410 e. The maximum Gasteiger partial charge on any atom is 0.410 e. The highest BCUT2D eigenvalue weighted by Gasteiger charge is 2.57. The van der Waals surface area contributed by atoms with Crippen LogP contribution in [0.1, 0.15) is 41.0 Å². The number of rotatable bonds is 9. The molecule has 2 aliphatic heterocycles. The first-order valence-corrected chi connectivity index (χ1v) is 13.8. The Morgan fingerprint density at radius 3 is 2.35 bits per heavy atom. The van der Waals surface area contributed by atoms with Crippen molar-refractivity contribution in [1.82, 2.24) is 10.2 Å². The van der Waals surface area contributed by atoms with E-state index in [4.69, 9.17) is 9.16 Å². The molecule has 2 saturated heterocycles. The quantitative estimate of drug-likeness (QED) is 0.253. The van der Waals surface area contributed by atoms with Crippen LogP contribution in [-0.2, 0) is 18.8 Å². The molecule has 174 valence electrons. The number of nitrogens with one attached hydrogen (secondary N) is 1. The highest BCUT2D eigenvalue weighted by Crippen LogP contribution is 2.45. The number of amides is 2. The molecule has 0 aliphatic carbocycles. The Bertz CT molecular complexity index is 752. The predicted molar refractivity (Wildman–Crippen MR) is 123 cm³/mol. The maximum absolute atomic E-state index is 12.9. The standard InChI is InChI=1S/C23H38N2O5Si/c1-9-10-29-21(28)25-13-16(14-25)11-15(2)18(26)12-17-19(20(27)24-17)23(6,22(3,4)5)30-31(7)8/h9,11,16-17,19,31H,1,10,12-14H2,2-8H3,(H,24,27)/b15-11+/t17-,19-,23-/m1/s1. The lowest BCUT2D eigenvalue weighted by Crippen LogP contribution is -2.70. The van der Waals surface area contributed by atoms with Gasteiger partial charge in [-0.1, -0.05) is 39.5 Å². The highest BCUT2D eigenvalue weighted by atomic mass is 28.3. The number of ketones is 1. The zero-order valence-corrected chi connectivity index (χ0v) is 21.1. The summed E-state index contributed by atoms with van der Waals surface area (Å²) in [6.45, 7) is 19.1. The van der Waals surface area contributed by atoms with Crippen molar-refractivity contribution < 1.29 is 23.5 Å². The lowest BCUT2D eigenvalue weighted by atomic mass is 9.63. The minimum atomic E-state index is -1.40. The number of carbonyl (C=O) groups excluding carboxylic acids is 3. The molecular weight excluding hydrogens is 412 g/mol. The van der Waals surface area contributed by atoms with Crippen molar-refractivity contribution in [3.8, 4) is 0 Å². The van der Waals surface area contributed by atoms with Gasteiger partial charge in [0.15, 0.2) is 14.8 Å². The van der Waals surface area contributed by atoms with Crippen LogP contribution in [0.25, 0.3) is 0 Å². The molecule has 0 saturated carbocycles. The first kappa shape index (κ1) is 25.3. The Morgan fingerprint density at radius 2 is 1.87 bits per heavy atom. The van der Waals surface area contributed by atoms with Crippen LogP contribution in [-0.4, -0.2) is 63.1 Å². The second kappa shape index (κ2) is 9.69. The lowest BCUT2D eigenvalue weighted by molar-refractivity contribution is -0.160. The number of nitrogens with zero attached hydrogens (tertiary/aromatic N) is 1. The van der Waals surface area contributed by atoms with E-state index in [1.165, 1.54) is 6.08 Å². The first-order chi connectivity index (χ1) is 14.3. The van der Waals surface area contributed by atoms with E-state index in [-0.39, 0.29) is 54.1 Å². The molecule has 2 fully saturated rings. The fourth-order valence-corrected chi connectivity index (χ4v) is 5.73. The molecule has 0 bridgehead atoms. The molecule has 0 radical (unpaired) electrons. The fraction of sp³-hybridized carbons (Fsp3) is 0.696. The number of allylic oxidation sites excluding steroid dienone is 1. The molecule has 2 amide bonds. The van der Waals surface area contributed by atoms with Crippen molar-refractivity contribution in [1.29, 1.82) is 0 Å². The molecule has 7 nitrogen and oxygen atoms in total. The average molecular weight is 451 g/mol. The summed E-state index contributed by atoms with van der Waals surface area (Å²) in [7, 11) is -1.40. The molecule has 2 aliphatic rings. The van der Waals surface area contributed by atoms with Crippen molar-refractivity contribution in [2.75, 3.05) is 19.7 Å². The van der Waals surface area contributed by atoms with Crippen LogP contribution in [0.15, 0.2) is 24.3 Å². The van der Waals surface area contributed by atoms with E-state index in [9.17, 15) is 14.4 Å². The van der Waals surface area contributed by atoms with Crippen LogP contribution in [0.5, 0.6) is 0 Å². The molecular formula is C23H38N2O5Si. The SMILES string of the molecule is C=CCOC(=O)N1CC(/C=C(\C)C(=O)C[C@H]2NC(=O)[C@@H]2[C@@](C)(O[SiH](C)C)C(C)(C)C)C1. The summed E-state index contributed by atoms with van der Waals surface area (Å²) in [5.41, 5.74) is -0.201. The van der Waals surface area contributed by atoms with Gasteiger partial charge in [-0.2, -0.15) is 0 Å². The minimum absolute atomic E-state index is 0.0146. The van der Waals surface area contributed by atoms with Gasteiger partial charge in [0.2, 0.25) is 5.91 Å². The first-order valence-electron chi connectivity index (χ1n) is 11.0. The largest absolute Gasteiger partial charge is 0.445 e. The van der Waals surface area contributed by atoms with Crippen LogP contribution in [0, 0.1) is 17.3 Å². The Hall–Kier alpha value is -1.93. The molecule has 0 aromatic carbocycles. The van der Waals surface area contributed by atoms with E-state index in [1.54, 1.807) is 11.8 Å². The Balaban J connectivity index is 1.98. The number of β-lactam (4-membered cyclic amide) rings is 1. The van der Waals surface area contributed by atoms with Gasteiger partial charge in [0.25, 0.3) is 0 Å². The summed E-state index contributed by atoms with van der Waals surface area (Å²) in [5, 5.41) is 2.92. The second-order valence-corrected chi connectivity index (χ2v) is 12.5. The third-order valence-corrected chi connectivity index (χ3v) is 7.36. The molecule has 8 heteroatoms. The molecule has 3 atom stereocenters. The van der Waals surface area contributed by atoms with Gasteiger partial charge in [-0.15, -0.1) is 0 Å². The molecule has 0 unspecified atom stereocenters. The molecule has 2 rings (SSSR count). The Labute approximate surface area is 187 Å². The van der Waals surface area contributed by atoms with Crippen molar-refractivity contribution in [3.63, 3.8) is 0 Å². The van der Waals surface area contributed by atoms with Gasteiger partial charge < -0.3 is 19.4 Å². The topological polar surface area (TPSA) is 84.9 Å². The maximum atomic E-state index is 12.9. The number of ether oxygens (including phenoxy) is 1. The van der Waals surface area contributed by atoms with Gasteiger partial charge >= 0.3 is 6.09 Å². The number of Topliss-reactive ketones (excluding diaryl/α,β-unsaturated/α-hetero) is 1. The third kappa shape index (κ3) is 5.66. The van der Waals surface area contributed by atoms with Gasteiger partial charge in [-0.05, 0) is 37.9 Å². The van der Waals surface area contributed by atoms with Crippen LogP contribution in [0.2, 0.25) is 13.1 Å². The van der Waals surface area contributed by atoms with E-state index < -0.39 is 14.6 Å². The average Bonchev–Trinajstić information content (AvgIpc) is 2.59. The second-order valence-electron chi connectivity index (χ2n) is 10.1. The molecule has 0 aromatic heterocycles. The normalized spacial score (nSPS) is 24.1. The molecule has 0 spiro atoms. The van der Waals surface area contributed by atoms with E-state index in [0.717, 1.165) is 0 Å². The van der Waals surface area contributed by atoms with Crippen molar-refractivity contribution in [3.05, 3.63) is 24.3 Å². The lowest BCUT2D eigenvalue weighted by Gasteiger charge is -2.54. The summed E-state index contributed by atoms with van der Waals surface area (Å²) < 4.78 is 11.4. The van der Waals surface area contributed by atoms with Gasteiger partial charge in [-0.25, -0.2) is 4.79 Å². The number of carbonyl (C=O) groups is 3. The van der Waals surface area contributed by atoms with Gasteiger partial charge in [-0.3, -0.25) is 9.59 Å². The van der Waals surface area contributed by atoms with Crippen molar-refractivity contribution >= 4 is 26.8 Å². The Morgan fingerprint density at radius 1 is 1.26 bits per heavy atom. The summed E-state index contributed by atoms with van der Waals surface area (Å²) in [4.78, 5) is 38.8. The molecule has 0 aromatic rings. The number of likely N-dealkylation sites (tertiary alicyclic amines) is 1. The van der Waals surface area contributed by atoms with Crippen molar-refractivity contribution in [2.45, 2.75) is 65.8 Å². The van der Waals surface area contributed by atoms with Crippen LogP contribution >= 0.6 is 0 Å². The van der Waals surface area contributed by atoms with E-state index >= 15 is 0 Å². The third-order valence-electron chi connectivity index (χ3n) is 6.40. The monoisotopic (exact) mass is 450 g/mol. The van der Waals surface area contributed by atoms with E-state index in [2.05, 4.69) is 45.8 Å². The zero-order valence-electron chi connectivity index (χ0n) is 20.0. The summed E-state index contributed by atoms with van der Waals surface area (Å²) in [5.74, 6) is -0.236. The summed E-state index contributed by atoms with van der Waals surface area (Å²) in [6, 6.07) is -0.230. The number of hydrogen-bond donors (Lipinski definition) is 1. The van der Waals surface area contributed by atoms with Crippen LogP contribution in [0.3, 0.4) is 0 Å². The fourth-order valence-electron chi connectivity index (χ4n) is 4.25. The van der Waals surface area contributed by atoms with E-state index in [1.807, 2.05) is 13.0 Å². The number of hydrogen-bond acceptors (Lipinski definition) is 5. The Kier molecular flexibility index (Phi) is 7.92. The van der Waals surface area contributed by atoms with Crippen molar-refractivity contribution in [2.24, 2.45) is 17.3 Å². The zero-order chi connectivity index (χ0) is 23.6. The predicted octanol–water partition coefficient (Wildman–Crippen LogP) is 3.07. The summed E-state index contributed by atoms with van der Waals surface area (Å²) >= 11 is 0. The van der Waals surface area contributed by atoms with E-state index in [0.29, 0.717) is 18.7 Å².